The maximum Gasteiger partial charge on any atom is 0.313 e. The van der Waals surface area contributed by atoms with Crippen LogP contribution in [0.25, 0.3) is 0 Å². The highest BCUT2D eigenvalue weighted by Gasteiger charge is 2.34. The Kier molecular flexibility index (Phi) is 4.42. The Bertz CT molecular complexity index is 546. The van der Waals surface area contributed by atoms with E-state index in [0.717, 1.165) is 0 Å². The number of hydrogen-bond acceptors (Lipinski definition) is 3. The maximum absolute atomic E-state index is 12.5. The molecule has 0 aliphatic carbocycles. The van der Waals surface area contributed by atoms with E-state index in [4.69, 9.17) is 10.8 Å². The van der Waals surface area contributed by atoms with Crippen LogP contribution >= 0.6 is 0 Å². The van der Waals surface area contributed by atoms with Crippen molar-refractivity contribution < 1.29 is 19.5 Å². The normalized spacial score (nSPS) is 19.0. The highest BCUT2D eigenvalue weighted by atomic mass is 16.4. The number of rotatable bonds is 4. The lowest BCUT2D eigenvalue weighted by atomic mass is 10.1. The smallest absolute Gasteiger partial charge is 0.313 e. The van der Waals surface area contributed by atoms with E-state index in [-0.39, 0.29) is 12.5 Å². The van der Waals surface area contributed by atoms with Crippen LogP contribution in [0.15, 0.2) is 30.3 Å². The summed E-state index contributed by atoms with van der Waals surface area (Å²) >= 11 is 0. The molecule has 1 aliphatic heterocycles. The van der Waals surface area contributed by atoms with Crippen LogP contribution in [0, 0.1) is 5.92 Å². The fourth-order valence-electron chi connectivity index (χ4n) is 2.42. The number of nitrogens with zero attached hydrogens (tertiary/aromatic N) is 1. The minimum absolute atomic E-state index is 0.151. The van der Waals surface area contributed by atoms with E-state index >= 15 is 0 Å². The van der Waals surface area contributed by atoms with Crippen LogP contribution in [0.2, 0.25) is 0 Å². The van der Waals surface area contributed by atoms with Gasteiger partial charge in [0.15, 0.2) is 0 Å². The van der Waals surface area contributed by atoms with Gasteiger partial charge in [-0.3, -0.25) is 9.59 Å². The molecule has 2 unspecified atom stereocenters. The fourth-order valence-corrected chi connectivity index (χ4v) is 2.42. The molecule has 21 heavy (non-hydrogen) atoms. The molecule has 1 aromatic rings. The van der Waals surface area contributed by atoms with E-state index in [9.17, 15) is 14.4 Å². The van der Waals surface area contributed by atoms with Crippen molar-refractivity contribution in [1.29, 1.82) is 0 Å². The molecule has 0 bridgehead atoms. The molecule has 7 heteroatoms. The van der Waals surface area contributed by atoms with Crippen molar-refractivity contribution in [3.05, 3.63) is 35.9 Å². The molecule has 1 fully saturated rings. The van der Waals surface area contributed by atoms with Gasteiger partial charge in [-0.2, -0.15) is 0 Å². The predicted molar refractivity (Wildman–Crippen MR) is 74.2 cm³/mol. The number of likely N-dealkylation sites (tertiary alicyclic amines) is 1. The zero-order valence-corrected chi connectivity index (χ0v) is 11.4. The summed E-state index contributed by atoms with van der Waals surface area (Å²) in [5.41, 5.74) is 5.74. The molecule has 0 saturated carbocycles. The summed E-state index contributed by atoms with van der Waals surface area (Å²) in [6.45, 7) is 0.511. The third kappa shape index (κ3) is 3.50. The molecule has 2 rings (SSSR count). The van der Waals surface area contributed by atoms with E-state index in [1.54, 1.807) is 30.3 Å². The summed E-state index contributed by atoms with van der Waals surface area (Å²) in [6.07, 6.45) is 0.416. The van der Waals surface area contributed by atoms with Gasteiger partial charge in [0, 0.05) is 13.1 Å². The summed E-state index contributed by atoms with van der Waals surface area (Å²) in [4.78, 5) is 36.0. The number of carboxylic acid groups (broad SMARTS) is 1. The molecule has 1 heterocycles. The zero-order valence-electron chi connectivity index (χ0n) is 11.4. The molecule has 1 saturated heterocycles. The van der Waals surface area contributed by atoms with Crippen LogP contribution in [0.3, 0.4) is 0 Å². The lowest BCUT2D eigenvalue weighted by molar-refractivity contribution is -0.141. The van der Waals surface area contributed by atoms with E-state index in [2.05, 4.69) is 5.32 Å². The summed E-state index contributed by atoms with van der Waals surface area (Å²) in [5, 5.41) is 11.4. The van der Waals surface area contributed by atoms with Gasteiger partial charge in [-0.15, -0.1) is 0 Å². The second kappa shape index (κ2) is 6.25. The number of carbonyl (C=O) groups is 3. The Morgan fingerprint density at radius 1 is 1.29 bits per heavy atom. The summed E-state index contributed by atoms with van der Waals surface area (Å²) < 4.78 is 0. The molecular formula is C14H17N3O4. The number of nitrogens with one attached hydrogen (secondary N) is 1. The Hall–Kier alpha value is -2.57. The van der Waals surface area contributed by atoms with Gasteiger partial charge in [0.1, 0.15) is 6.04 Å². The van der Waals surface area contributed by atoms with E-state index in [1.807, 2.05) is 0 Å². The molecule has 7 nitrogen and oxygen atoms in total. The van der Waals surface area contributed by atoms with Crippen molar-refractivity contribution in [2.75, 3.05) is 13.1 Å². The van der Waals surface area contributed by atoms with Crippen molar-refractivity contribution >= 4 is 17.9 Å². The molecule has 0 aromatic heterocycles. The van der Waals surface area contributed by atoms with Crippen molar-refractivity contribution in [2.45, 2.75) is 12.5 Å². The van der Waals surface area contributed by atoms with Gasteiger partial charge in [-0.1, -0.05) is 30.3 Å². The minimum atomic E-state index is -0.913. The molecule has 1 aromatic carbocycles. The molecular weight excluding hydrogens is 274 g/mol. The first kappa shape index (κ1) is 14.8. The summed E-state index contributed by atoms with van der Waals surface area (Å²) in [6, 6.07) is 7.03. The van der Waals surface area contributed by atoms with Gasteiger partial charge >= 0.3 is 12.0 Å². The third-order valence-electron chi connectivity index (χ3n) is 3.52. The Morgan fingerprint density at radius 3 is 2.48 bits per heavy atom. The average Bonchev–Trinajstić information content (AvgIpc) is 2.95. The van der Waals surface area contributed by atoms with Crippen LogP contribution in [0.1, 0.15) is 18.0 Å². The standard InChI is InChI=1S/C14H17N3O4/c15-14(21)16-11(9-4-2-1-3-5-9)12(18)17-7-6-10(8-17)13(19)20/h1-5,10-11H,6-8H2,(H,19,20)(H3,15,16,21). The van der Waals surface area contributed by atoms with Crippen LogP contribution in [0.5, 0.6) is 0 Å². The minimum Gasteiger partial charge on any atom is -0.481 e. The Morgan fingerprint density at radius 2 is 1.95 bits per heavy atom. The molecule has 4 N–H and O–H groups in total. The highest BCUT2D eigenvalue weighted by Crippen LogP contribution is 2.22. The maximum atomic E-state index is 12.5. The molecule has 0 radical (unpaired) electrons. The average molecular weight is 291 g/mol. The van der Waals surface area contributed by atoms with Crippen LogP contribution < -0.4 is 11.1 Å². The predicted octanol–water partition coefficient (Wildman–Crippen LogP) is 0.329. The largest absolute Gasteiger partial charge is 0.481 e. The highest BCUT2D eigenvalue weighted by molar-refractivity contribution is 5.88. The van der Waals surface area contributed by atoms with Gasteiger partial charge in [-0.05, 0) is 12.0 Å². The lowest BCUT2D eigenvalue weighted by Gasteiger charge is -2.24. The topological polar surface area (TPSA) is 113 Å². The van der Waals surface area contributed by atoms with Crippen molar-refractivity contribution in [1.82, 2.24) is 10.2 Å². The number of carbonyl (C=O) groups excluding carboxylic acids is 2. The van der Waals surface area contributed by atoms with Gasteiger partial charge in [0.2, 0.25) is 5.91 Å². The molecule has 112 valence electrons. The second-order valence-corrected chi connectivity index (χ2v) is 4.96. The van der Waals surface area contributed by atoms with Crippen molar-refractivity contribution in [3.63, 3.8) is 0 Å². The van der Waals surface area contributed by atoms with Gasteiger partial charge in [0.25, 0.3) is 0 Å². The zero-order chi connectivity index (χ0) is 15.4. The number of hydrogen-bond donors (Lipinski definition) is 3. The lowest BCUT2D eigenvalue weighted by Crippen LogP contribution is -2.44. The van der Waals surface area contributed by atoms with Crippen LogP contribution in [-0.2, 0) is 9.59 Å². The Balaban J connectivity index is 2.16. The molecule has 2 atom stereocenters. The first-order valence-corrected chi connectivity index (χ1v) is 6.61. The number of amides is 3. The monoisotopic (exact) mass is 291 g/mol. The first-order valence-electron chi connectivity index (χ1n) is 6.61. The van der Waals surface area contributed by atoms with Gasteiger partial charge in [0.05, 0.1) is 5.92 Å². The number of nitrogens with two attached hydrogens (primary N) is 1. The first-order chi connectivity index (χ1) is 9.99. The van der Waals surface area contributed by atoms with E-state index in [0.29, 0.717) is 18.5 Å². The van der Waals surface area contributed by atoms with Crippen LogP contribution in [0.4, 0.5) is 4.79 Å². The van der Waals surface area contributed by atoms with Gasteiger partial charge < -0.3 is 21.1 Å². The SMILES string of the molecule is NC(=O)NC(C(=O)N1CCC(C(=O)O)C1)c1ccccc1. The molecule has 3 amide bonds. The number of carboxylic acids is 1. The second-order valence-electron chi connectivity index (χ2n) is 4.96. The molecule has 1 aliphatic rings. The summed E-state index contributed by atoms with van der Waals surface area (Å²) in [5.74, 6) is -1.81. The number of benzene rings is 1. The van der Waals surface area contributed by atoms with Gasteiger partial charge in [-0.25, -0.2) is 4.79 Å². The van der Waals surface area contributed by atoms with Crippen molar-refractivity contribution in [3.8, 4) is 0 Å². The number of urea groups is 1. The van der Waals surface area contributed by atoms with E-state index in [1.165, 1.54) is 4.90 Å². The Labute approximate surface area is 121 Å². The summed E-state index contributed by atoms with van der Waals surface area (Å²) in [7, 11) is 0. The quantitative estimate of drug-likeness (QED) is 0.741. The number of aliphatic carboxylic acids is 1. The van der Waals surface area contributed by atoms with Crippen molar-refractivity contribution in [2.24, 2.45) is 11.7 Å². The third-order valence-corrected chi connectivity index (χ3v) is 3.52. The fraction of sp³-hybridized carbons (Fsp3) is 0.357. The van der Waals surface area contributed by atoms with Crippen LogP contribution in [-0.4, -0.2) is 41.0 Å². The molecule has 0 spiro atoms. The van der Waals surface area contributed by atoms with E-state index < -0.39 is 24.0 Å². The number of primary amides is 1.